The average molecular weight is 276 g/mol. The van der Waals surface area contributed by atoms with E-state index in [0.717, 1.165) is 5.56 Å². The molecule has 7 nitrogen and oxygen atoms in total. The smallest absolute Gasteiger partial charge is 0.254 e. The van der Waals surface area contributed by atoms with Gasteiger partial charge in [0, 0.05) is 38.3 Å². The van der Waals surface area contributed by atoms with Gasteiger partial charge in [0.25, 0.3) is 5.91 Å². The lowest BCUT2D eigenvalue weighted by Gasteiger charge is -2.16. The molecule has 7 heteroatoms. The third-order valence-corrected chi connectivity index (χ3v) is 2.81. The molecule has 2 aromatic rings. The van der Waals surface area contributed by atoms with Gasteiger partial charge in [0.15, 0.2) is 0 Å². The molecular weight excluding hydrogens is 260 g/mol. The molecule has 0 spiro atoms. The van der Waals surface area contributed by atoms with Gasteiger partial charge in [-0.1, -0.05) is 0 Å². The van der Waals surface area contributed by atoms with E-state index in [1.807, 2.05) is 0 Å². The number of aromatic nitrogens is 2. The topological polar surface area (TPSA) is 91.2 Å². The summed E-state index contributed by atoms with van der Waals surface area (Å²) in [6.45, 7) is 0.781. The van der Waals surface area contributed by atoms with Crippen molar-refractivity contribution in [2.24, 2.45) is 0 Å². The van der Waals surface area contributed by atoms with Crippen LogP contribution in [0.5, 0.6) is 0 Å². The van der Waals surface area contributed by atoms with Crippen LogP contribution in [0.15, 0.2) is 35.4 Å². The molecule has 0 saturated carbocycles. The lowest BCUT2D eigenvalue weighted by Crippen LogP contribution is -2.31. The predicted molar refractivity (Wildman–Crippen MR) is 70.7 cm³/mol. The van der Waals surface area contributed by atoms with Gasteiger partial charge >= 0.3 is 0 Å². The predicted octanol–water partition coefficient (Wildman–Crippen LogP) is 0.781. The second-order valence-electron chi connectivity index (χ2n) is 4.37. The Morgan fingerprint density at radius 2 is 2.35 bits per heavy atom. The van der Waals surface area contributed by atoms with Crippen molar-refractivity contribution in [3.8, 4) is 0 Å². The second kappa shape index (κ2) is 6.55. The largest absolute Gasteiger partial charge is 0.472 e. The highest BCUT2D eigenvalue weighted by atomic mass is 16.3. The van der Waals surface area contributed by atoms with Crippen LogP contribution in [0.1, 0.15) is 22.3 Å². The number of furan rings is 1. The molecule has 0 atom stereocenters. The van der Waals surface area contributed by atoms with Crippen LogP contribution < -0.4 is 5.32 Å². The fourth-order valence-electron chi connectivity index (χ4n) is 1.70. The minimum absolute atomic E-state index is 0.0429. The number of carbonyl (C=O) groups is 2. The Kier molecular flexibility index (Phi) is 4.54. The third kappa shape index (κ3) is 3.71. The summed E-state index contributed by atoms with van der Waals surface area (Å²) in [6, 6.07) is 1.57. The average Bonchev–Trinajstić information content (AvgIpc) is 3.11. The molecule has 2 N–H and O–H groups in total. The molecule has 0 aliphatic carbocycles. The summed E-state index contributed by atoms with van der Waals surface area (Å²) in [5.41, 5.74) is 1.38. The zero-order valence-corrected chi connectivity index (χ0v) is 11.1. The van der Waals surface area contributed by atoms with E-state index in [4.69, 9.17) is 4.42 Å². The molecule has 0 aliphatic rings. The number of H-pyrrole nitrogens is 1. The monoisotopic (exact) mass is 276 g/mol. The number of amides is 2. The first-order chi connectivity index (χ1) is 9.66. The minimum atomic E-state index is -0.246. The maximum absolute atomic E-state index is 11.9. The van der Waals surface area contributed by atoms with E-state index < -0.39 is 0 Å². The fraction of sp³-hybridized carbons (Fsp3) is 0.308. The first kappa shape index (κ1) is 13.9. The van der Waals surface area contributed by atoms with E-state index in [-0.39, 0.29) is 18.2 Å². The number of aromatic amines is 1. The van der Waals surface area contributed by atoms with Crippen molar-refractivity contribution in [3.63, 3.8) is 0 Å². The Morgan fingerprint density at radius 3 is 3.00 bits per heavy atom. The molecule has 0 unspecified atom stereocenters. The number of carbonyl (C=O) groups excluding carboxylic acids is 2. The fourth-order valence-corrected chi connectivity index (χ4v) is 1.70. The summed E-state index contributed by atoms with van der Waals surface area (Å²) in [5.74, 6) is -0.289. The Bertz CT molecular complexity index is 548. The molecule has 0 bridgehead atoms. The van der Waals surface area contributed by atoms with Crippen LogP contribution in [-0.4, -0.2) is 40.5 Å². The lowest BCUT2D eigenvalue weighted by atomic mass is 10.3. The van der Waals surface area contributed by atoms with E-state index in [9.17, 15) is 9.59 Å². The van der Waals surface area contributed by atoms with Gasteiger partial charge in [0.2, 0.25) is 5.91 Å². The molecule has 2 aromatic heterocycles. The van der Waals surface area contributed by atoms with Crippen LogP contribution in [0, 0.1) is 0 Å². The summed E-state index contributed by atoms with van der Waals surface area (Å²) in [7, 11) is 1.72. The summed E-state index contributed by atoms with van der Waals surface area (Å²) in [4.78, 5) is 25.1. The van der Waals surface area contributed by atoms with E-state index in [0.29, 0.717) is 18.7 Å². The van der Waals surface area contributed by atoms with Gasteiger partial charge in [-0.3, -0.25) is 14.7 Å². The van der Waals surface area contributed by atoms with E-state index in [1.165, 1.54) is 12.5 Å². The molecule has 0 fully saturated rings. The van der Waals surface area contributed by atoms with E-state index >= 15 is 0 Å². The van der Waals surface area contributed by atoms with Gasteiger partial charge in [-0.25, -0.2) is 0 Å². The van der Waals surface area contributed by atoms with E-state index in [1.54, 1.807) is 30.4 Å². The van der Waals surface area contributed by atoms with Crippen molar-refractivity contribution in [1.29, 1.82) is 0 Å². The Morgan fingerprint density at radius 1 is 1.50 bits per heavy atom. The summed E-state index contributed by atoms with van der Waals surface area (Å²) < 4.78 is 4.82. The highest BCUT2D eigenvalue weighted by Crippen LogP contribution is 2.02. The van der Waals surface area contributed by atoms with Gasteiger partial charge in [0.1, 0.15) is 6.26 Å². The normalized spacial score (nSPS) is 10.2. The molecule has 20 heavy (non-hydrogen) atoms. The Hall–Kier alpha value is -2.57. The second-order valence-corrected chi connectivity index (χ2v) is 4.37. The zero-order valence-electron chi connectivity index (χ0n) is 11.1. The summed E-state index contributed by atoms with van der Waals surface area (Å²) in [6.07, 6.45) is 6.45. The van der Waals surface area contributed by atoms with Crippen LogP contribution in [-0.2, 0) is 11.3 Å². The van der Waals surface area contributed by atoms with Crippen molar-refractivity contribution >= 4 is 11.8 Å². The van der Waals surface area contributed by atoms with Crippen LogP contribution >= 0.6 is 0 Å². The standard InChI is InChI=1S/C13H16N4O3/c1-17(8-10-6-15-16-7-10)12(18)2-4-14-13(19)11-3-5-20-9-11/h3,5-7,9H,2,4,8H2,1H3,(H,14,19)(H,15,16). The van der Waals surface area contributed by atoms with Gasteiger partial charge in [-0.2, -0.15) is 5.10 Å². The van der Waals surface area contributed by atoms with Gasteiger partial charge in [0.05, 0.1) is 18.0 Å². The highest BCUT2D eigenvalue weighted by molar-refractivity contribution is 5.93. The number of hydrogen-bond donors (Lipinski definition) is 2. The van der Waals surface area contributed by atoms with Crippen molar-refractivity contribution in [1.82, 2.24) is 20.4 Å². The molecule has 0 radical (unpaired) electrons. The highest BCUT2D eigenvalue weighted by Gasteiger charge is 2.11. The van der Waals surface area contributed by atoms with Crippen LogP contribution in [0.4, 0.5) is 0 Å². The molecular formula is C13H16N4O3. The van der Waals surface area contributed by atoms with Gasteiger partial charge in [-0.05, 0) is 6.07 Å². The lowest BCUT2D eigenvalue weighted by molar-refractivity contribution is -0.130. The number of hydrogen-bond acceptors (Lipinski definition) is 4. The number of nitrogens with zero attached hydrogens (tertiary/aromatic N) is 2. The third-order valence-electron chi connectivity index (χ3n) is 2.81. The summed E-state index contributed by atoms with van der Waals surface area (Å²) >= 11 is 0. The first-order valence-electron chi connectivity index (χ1n) is 6.19. The summed E-state index contributed by atoms with van der Waals surface area (Å²) in [5, 5.41) is 9.18. The Labute approximate surface area is 116 Å². The van der Waals surface area contributed by atoms with Gasteiger partial charge in [-0.15, -0.1) is 0 Å². The van der Waals surface area contributed by atoms with E-state index in [2.05, 4.69) is 15.5 Å². The molecule has 2 amide bonds. The molecule has 2 heterocycles. The van der Waals surface area contributed by atoms with Crippen LogP contribution in [0.3, 0.4) is 0 Å². The number of nitrogens with one attached hydrogen (secondary N) is 2. The van der Waals surface area contributed by atoms with Crippen LogP contribution in [0.25, 0.3) is 0 Å². The van der Waals surface area contributed by atoms with Crippen molar-refractivity contribution in [3.05, 3.63) is 42.1 Å². The first-order valence-corrected chi connectivity index (χ1v) is 6.19. The molecule has 106 valence electrons. The quantitative estimate of drug-likeness (QED) is 0.815. The molecule has 0 saturated heterocycles. The van der Waals surface area contributed by atoms with Gasteiger partial charge < -0.3 is 14.6 Å². The minimum Gasteiger partial charge on any atom is -0.472 e. The molecule has 2 rings (SSSR count). The van der Waals surface area contributed by atoms with Crippen LogP contribution in [0.2, 0.25) is 0 Å². The zero-order chi connectivity index (χ0) is 14.4. The maximum atomic E-state index is 11.9. The maximum Gasteiger partial charge on any atom is 0.254 e. The number of rotatable bonds is 6. The van der Waals surface area contributed by atoms with Crippen molar-refractivity contribution < 1.29 is 14.0 Å². The van der Waals surface area contributed by atoms with Crippen molar-refractivity contribution in [2.45, 2.75) is 13.0 Å². The molecule has 0 aliphatic heterocycles. The molecule has 0 aromatic carbocycles. The SMILES string of the molecule is CN(Cc1cn[nH]c1)C(=O)CCNC(=O)c1ccoc1. The van der Waals surface area contributed by atoms with Crippen molar-refractivity contribution in [2.75, 3.05) is 13.6 Å². The Balaban J connectivity index is 1.71.